The minimum Gasteiger partial charge on any atom is -0.390 e. The number of rotatable bonds is 5. The van der Waals surface area contributed by atoms with Gasteiger partial charge in [-0.25, -0.2) is 8.42 Å². The Bertz CT molecular complexity index is 1370. The molecule has 2 unspecified atom stereocenters. The van der Waals surface area contributed by atoms with Crippen LogP contribution in [0.1, 0.15) is 10.4 Å². The molecule has 0 aliphatic carbocycles. The Hall–Kier alpha value is -3.06. The maximum absolute atomic E-state index is 13.1. The van der Waals surface area contributed by atoms with Gasteiger partial charge in [0.15, 0.2) is 0 Å². The fourth-order valence-corrected chi connectivity index (χ4v) is 4.50. The SMILES string of the molecule is Cn1cc(-n2nc(-c3ccc(Cl)cc3)cc(C(=O)NC3CN(S(C)(=O)=O)CC3O)c2=O)cn1. The monoisotopic (exact) mass is 492 g/mol. The summed E-state index contributed by atoms with van der Waals surface area (Å²) in [4.78, 5) is 26.2. The Balaban J connectivity index is 1.74. The van der Waals surface area contributed by atoms with Crippen molar-refractivity contribution >= 4 is 27.5 Å². The molecular formula is C20H21ClN6O5S. The molecule has 0 radical (unpaired) electrons. The van der Waals surface area contributed by atoms with E-state index in [1.54, 1.807) is 37.5 Å². The molecule has 1 aromatic carbocycles. The molecule has 4 rings (SSSR count). The largest absolute Gasteiger partial charge is 0.390 e. The number of benzene rings is 1. The number of nitrogens with zero attached hydrogens (tertiary/aromatic N) is 5. The van der Waals surface area contributed by atoms with Gasteiger partial charge in [-0.1, -0.05) is 23.7 Å². The van der Waals surface area contributed by atoms with E-state index in [4.69, 9.17) is 11.6 Å². The van der Waals surface area contributed by atoms with E-state index in [-0.39, 0.29) is 18.7 Å². The van der Waals surface area contributed by atoms with E-state index in [2.05, 4.69) is 15.5 Å². The molecule has 2 aromatic heterocycles. The third-order valence-electron chi connectivity index (χ3n) is 5.27. The lowest BCUT2D eigenvalue weighted by molar-refractivity contribution is 0.0886. The van der Waals surface area contributed by atoms with E-state index in [0.29, 0.717) is 22.0 Å². The van der Waals surface area contributed by atoms with Gasteiger partial charge in [0.1, 0.15) is 11.3 Å². The minimum atomic E-state index is -3.54. The van der Waals surface area contributed by atoms with Gasteiger partial charge in [-0.15, -0.1) is 0 Å². The predicted molar refractivity (Wildman–Crippen MR) is 121 cm³/mol. The Morgan fingerprint density at radius 2 is 1.94 bits per heavy atom. The highest BCUT2D eigenvalue weighted by atomic mass is 35.5. The lowest BCUT2D eigenvalue weighted by Gasteiger charge is -2.16. The number of aliphatic hydroxyl groups excluding tert-OH is 1. The van der Waals surface area contributed by atoms with Gasteiger partial charge in [0.05, 0.1) is 36.5 Å². The molecule has 1 aliphatic heterocycles. The average Bonchev–Trinajstić information content (AvgIpc) is 3.34. The topological polar surface area (TPSA) is 139 Å². The molecule has 2 atom stereocenters. The maximum Gasteiger partial charge on any atom is 0.284 e. The summed E-state index contributed by atoms with van der Waals surface area (Å²) in [5, 5.41) is 21.8. The van der Waals surface area contributed by atoms with Crippen LogP contribution in [-0.4, -0.2) is 74.8 Å². The van der Waals surface area contributed by atoms with E-state index < -0.39 is 33.6 Å². The van der Waals surface area contributed by atoms with Crippen LogP contribution in [0.25, 0.3) is 16.9 Å². The van der Waals surface area contributed by atoms with Crippen LogP contribution in [-0.2, 0) is 17.1 Å². The lowest BCUT2D eigenvalue weighted by atomic mass is 10.1. The number of nitrogens with one attached hydrogen (secondary N) is 1. The Kier molecular flexibility index (Phi) is 6.10. The number of aliphatic hydroxyl groups is 1. The zero-order valence-corrected chi connectivity index (χ0v) is 19.3. The van der Waals surface area contributed by atoms with E-state index in [9.17, 15) is 23.1 Å². The third kappa shape index (κ3) is 4.83. The van der Waals surface area contributed by atoms with Gasteiger partial charge in [0.25, 0.3) is 11.5 Å². The van der Waals surface area contributed by atoms with Gasteiger partial charge in [0, 0.05) is 30.7 Å². The van der Waals surface area contributed by atoms with Crippen LogP contribution in [0, 0.1) is 0 Å². The highest BCUT2D eigenvalue weighted by molar-refractivity contribution is 7.88. The smallest absolute Gasteiger partial charge is 0.284 e. The fourth-order valence-electron chi connectivity index (χ4n) is 3.52. The first-order valence-corrected chi connectivity index (χ1v) is 12.1. The average molecular weight is 493 g/mol. The molecule has 3 heterocycles. The number of β-amino-alcohol motifs (C(OH)–C–C–N with tert-alkyl or cyclic N) is 1. The number of hydrogen-bond acceptors (Lipinski definition) is 7. The predicted octanol–water partition coefficient (Wildman–Crippen LogP) is 0.0209. The second kappa shape index (κ2) is 8.71. The summed E-state index contributed by atoms with van der Waals surface area (Å²) in [7, 11) is -1.86. The van der Waals surface area contributed by atoms with Crippen LogP contribution < -0.4 is 10.9 Å². The third-order valence-corrected chi connectivity index (χ3v) is 6.76. The minimum absolute atomic E-state index is 0.0995. The fraction of sp³-hybridized carbons (Fsp3) is 0.300. The van der Waals surface area contributed by atoms with Crippen molar-refractivity contribution in [3.8, 4) is 16.9 Å². The van der Waals surface area contributed by atoms with Gasteiger partial charge >= 0.3 is 0 Å². The molecule has 0 bridgehead atoms. The Morgan fingerprint density at radius 1 is 1.24 bits per heavy atom. The summed E-state index contributed by atoms with van der Waals surface area (Å²) >= 11 is 5.97. The first-order valence-electron chi connectivity index (χ1n) is 9.86. The van der Waals surface area contributed by atoms with E-state index in [1.165, 1.54) is 16.9 Å². The molecule has 11 nitrogen and oxygen atoms in total. The van der Waals surface area contributed by atoms with Crippen LogP contribution in [0.2, 0.25) is 5.02 Å². The number of carbonyl (C=O) groups excluding carboxylic acids is 1. The lowest BCUT2D eigenvalue weighted by Crippen LogP contribution is -2.45. The van der Waals surface area contributed by atoms with Gasteiger partial charge < -0.3 is 10.4 Å². The molecule has 0 spiro atoms. The Labute approximate surface area is 194 Å². The summed E-state index contributed by atoms with van der Waals surface area (Å²) in [6, 6.07) is 7.21. The van der Waals surface area contributed by atoms with Gasteiger partial charge in [-0.3, -0.25) is 14.3 Å². The van der Waals surface area contributed by atoms with Crippen molar-refractivity contribution in [1.82, 2.24) is 29.2 Å². The van der Waals surface area contributed by atoms with Crippen LogP contribution >= 0.6 is 11.6 Å². The molecule has 1 amide bonds. The second-order valence-corrected chi connectivity index (χ2v) is 10.2. The molecule has 1 saturated heterocycles. The molecule has 3 aromatic rings. The van der Waals surface area contributed by atoms with E-state index >= 15 is 0 Å². The van der Waals surface area contributed by atoms with Crippen LogP contribution in [0.4, 0.5) is 0 Å². The van der Waals surface area contributed by atoms with Crippen molar-refractivity contribution in [1.29, 1.82) is 0 Å². The van der Waals surface area contributed by atoms with Crippen molar-refractivity contribution < 1.29 is 18.3 Å². The highest BCUT2D eigenvalue weighted by Crippen LogP contribution is 2.21. The summed E-state index contributed by atoms with van der Waals surface area (Å²) in [5.41, 5.74) is 0.409. The number of carbonyl (C=O) groups is 1. The zero-order chi connectivity index (χ0) is 23.9. The van der Waals surface area contributed by atoms with Crippen molar-refractivity contribution in [2.75, 3.05) is 19.3 Å². The molecule has 13 heteroatoms. The standard InChI is InChI=1S/C20H21ClN6O5S/c1-25-9-14(8-22-25)27-20(30)15(7-16(24-27)12-3-5-13(21)6-4-12)19(29)23-17-10-26(11-18(17)28)33(2,31)32/h3-9,17-18,28H,10-11H2,1-2H3,(H,23,29). The van der Waals surface area contributed by atoms with Gasteiger partial charge in [-0.05, 0) is 18.2 Å². The summed E-state index contributed by atoms with van der Waals surface area (Å²) in [5.74, 6) is -0.755. The van der Waals surface area contributed by atoms with Crippen LogP contribution in [0.5, 0.6) is 0 Å². The van der Waals surface area contributed by atoms with E-state index in [1.807, 2.05) is 0 Å². The summed E-state index contributed by atoms with van der Waals surface area (Å²) < 4.78 is 27.2. The molecule has 174 valence electrons. The molecule has 1 aliphatic rings. The maximum atomic E-state index is 13.1. The molecule has 1 fully saturated rings. The molecular weight excluding hydrogens is 472 g/mol. The van der Waals surface area contributed by atoms with Crippen molar-refractivity contribution in [2.45, 2.75) is 12.1 Å². The normalized spacial score (nSPS) is 19.0. The number of sulfonamides is 1. The van der Waals surface area contributed by atoms with Crippen molar-refractivity contribution in [3.63, 3.8) is 0 Å². The second-order valence-electron chi connectivity index (χ2n) is 7.77. The summed E-state index contributed by atoms with van der Waals surface area (Å²) in [6.45, 7) is -0.242. The number of amides is 1. The Morgan fingerprint density at radius 3 is 2.52 bits per heavy atom. The van der Waals surface area contributed by atoms with Crippen molar-refractivity contribution in [2.24, 2.45) is 7.05 Å². The van der Waals surface area contributed by atoms with E-state index in [0.717, 1.165) is 15.2 Å². The first kappa shape index (κ1) is 23.1. The number of hydrogen-bond donors (Lipinski definition) is 2. The molecule has 2 N–H and O–H groups in total. The molecule has 33 heavy (non-hydrogen) atoms. The number of halogens is 1. The summed E-state index contributed by atoms with van der Waals surface area (Å²) in [6.07, 6.45) is 2.93. The highest BCUT2D eigenvalue weighted by Gasteiger charge is 2.37. The van der Waals surface area contributed by atoms with Crippen LogP contribution in [0.15, 0.2) is 47.5 Å². The first-order chi connectivity index (χ1) is 15.5. The zero-order valence-electron chi connectivity index (χ0n) is 17.7. The number of aryl methyl sites for hydroxylation is 1. The quantitative estimate of drug-likeness (QED) is 0.511. The van der Waals surface area contributed by atoms with Gasteiger partial charge in [0.2, 0.25) is 10.0 Å². The van der Waals surface area contributed by atoms with Crippen molar-refractivity contribution in [3.05, 3.63) is 63.7 Å². The molecule has 0 saturated carbocycles. The van der Waals surface area contributed by atoms with Crippen LogP contribution in [0.3, 0.4) is 0 Å². The van der Waals surface area contributed by atoms with Gasteiger partial charge in [-0.2, -0.15) is 19.2 Å². The number of aromatic nitrogens is 4.